The number of hydrogen-bond acceptors (Lipinski definition) is 1. The van der Waals surface area contributed by atoms with Gasteiger partial charge in [-0.15, -0.1) is 0 Å². The van der Waals surface area contributed by atoms with Crippen LogP contribution in [0.2, 0.25) is 0 Å². The van der Waals surface area contributed by atoms with E-state index in [4.69, 9.17) is 0 Å². The third kappa shape index (κ3) is 5.08. The van der Waals surface area contributed by atoms with Gasteiger partial charge in [-0.3, -0.25) is 0 Å². The summed E-state index contributed by atoms with van der Waals surface area (Å²) in [7, 11) is 0. The molecule has 0 amide bonds. The molecule has 1 nitrogen and oxygen atoms in total. The highest BCUT2D eigenvalue weighted by molar-refractivity contribution is 6.25. The summed E-state index contributed by atoms with van der Waals surface area (Å²) < 4.78 is 0. The van der Waals surface area contributed by atoms with Gasteiger partial charge in [-0.05, 0) is 161 Å². The molecular weight excluding hydrogens is 675 g/mol. The Bertz CT molecular complexity index is 3000. The maximum Gasteiger partial charge on any atom is 0.0465 e. The summed E-state index contributed by atoms with van der Waals surface area (Å²) in [6.45, 7) is 4.79. The van der Waals surface area contributed by atoms with Gasteiger partial charge in [-0.25, -0.2) is 0 Å². The topological polar surface area (TPSA) is 3.24 Å². The van der Waals surface area contributed by atoms with Crippen LogP contribution in [-0.2, 0) is 11.8 Å². The van der Waals surface area contributed by atoms with Crippen LogP contribution in [-0.4, -0.2) is 0 Å². The number of nitrogens with zero attached hydrogens (tertiary/aromatic N) is 1. The first-order valence-corrected chi connectivity index (χ1v) is 19.9. The summed E-state index contributed by atoms with van der Waals surface area (Å²) in [6, 6.07) is 65.6. The minimum absolute atomic E-state index is 0.188. The first-order valence-electron chi connectivity index (χ1n) is 19.9. The Hall–Kier alpha value is -6.70. The lowest BCUT2D eigenvalue weighted by molar-refractivity contribution is 0.660. The van der Waals surface area contributed by atoms with Crippen molar-refractivity contribution in [3.8, 4) is 33.4 Å². The summed E-state index contributed by atoms with van der Waals surface area (Å²) in [5.74, 6) is 0. The molecule has 56 heavy (non-hydrogen) atoms. The van der Waals surface area contributed by atoms with Gasteiger partial charge >= 0.3 is 0 Å². The molecule has 0 aromatic heterocycles. The van der Waals surface area contributed by atoms with Crippen molar-refractivity contribution in [2.24, 2.45) is 0 Å². The Morgan fingerprint density at radius 1 is 0.446 bits per heavy atom. The lowest BCUT2D eigenvalue weighted by atomic mass is 9.81. The fourth-order valence-electron chi connectivity index (χ4n) is 9.69. The highest BCUT2D eigenvalue weighted by Crippen LogP contribution is 2.52. The minimum atomic E-state index is -0.188. The van der Waals surface area contributed by atoms with Crippen LogP contribution in [0.4, 0.5) is 17.1 Å². The highest BCUT2D eigenvalue weighted by atomic mass is 15.1. The molecule has 0 atom stereocenters. The van der Waals surface area contributed by atoms with Crippen LogP contribution in [0.3, 0.4) is 0 Å². The number of fused-ring (bicyclic) bond motifs is 9. The van der Waals surface area contributed by atoms with Gasteiger partial charge in [0.2, 0.25) is 0 Å². The van der Waals surface area contributed by atoms with Gasteiger partial charge in [0.05, 0.1) is 0 Å². The van der Waals surface area contributed by atoms with E-state index >= 15 is 0 Å². The van der Waals surface area contributed by atoms with Crippen molar-refractivity contribution >= 4 is 55.5 Å². The molecule has 0 radical (unpaired) electrons. The van der Waals surface area contributed by atoms with Crippen molar-refractivity contribution in [1.29, 1.82) is 0 Å². The third-order valence-electron chi connectivity index (χ3n) is 12.5. The molecular formula is C55H41N. The lowest BCUT2D eigenvalue weighted by Crippen LogP contribution is -2.16. The molecule has 0 spiro atoms. The van der Waals surface area contributed by atoms with Gasteiger partial charge in [0.15, 0.2) is 0 Å². The predicted molar refractivity (Wildman–Crippen MR) is 239 cm³/mol. The van der Waals surface area contributed by atoms with Crippen LogP contribution in [0.1, 0.15) is 42.5 Å². The van der Waals surface area contributed by atoms with Crippen molar-refractivity contribution in [1.82, 2.24) is 0 Å². The Kier molecular flexibility index (Phi) is 7.41. The van der Waals surface area contributed by atoms with Crippen molar-refractivity contribution in [3.05, 3.63) is 204 Å². The second-order valence-corrected chi connectivity index (χ2v) is 16.0. The lowest BCUT2D eigenvalue weighted by Gasteiger charge is -2.28. The van der Waals surface area contributed by atoms with Crippen molar-refractivity contribution < 1.29 is 0 Å². The molecule has 0 aliphatic heterocycles. The zero-order valence-corrected chi connectivity index (χ0v) is 31.8. The number of allylic oxidation sites excluding steroid dienone is 1. The van der Waals surface area contributed by atoms with Gasteiger partial charge in [-0.2, -0.15) is 0 Å². The second-order valence-electron chi connectivity index (χ2n) is 16.0. The van der Waals surface area contributed by atoms with E-state index in [-0.39, 0.29) is 5.41 Å². The Labute approximate surface area is 328 Å². The molecule has 2 aliphatic rings. The summed E-state index contributed by atoms with van der Waals surface area (Å²) in [6.07, 6.45) is 6.84. The van der Waals surface area contributed by atoms with Gasteiger partial charge in [-0.1, -0.05) is 141 Å². The van der Waals surface area contributed by atoms with E-state index < -0.39 is 0 Å². The van der Waals surface area contributed by atoms with E-state index in [0.29, 0.717) is 0 Å². The third-order valence-corrected chi connectivity index (χ3v) is 12.5. The predicted octanol–water partition coefficient (Wildman–Crippen LogP) is 15.2. The monoisotopic (exact) mass is 715 g/mol. The molecule has 266 valence electrons. The Morgan fingerprint density at radius 3 is 1.62 bits per heavy atom. The van der Waals surface area contributed by atoms with Gasteiger partial charge < -0.3 is 4.90 Å². The normalized spacial score (nSPS) is 13.8. The SMILES string of the molecule is CC1(C)c2cc(-c3cc4cc(-c5ccc6c(c5)C=CCC6)c5ccccc5c4c4ccccc34)ccc2-c2ccc(N(c3ccccc3)c3ccccc3)cc21. The zero-order valence-electron chi connectivity index (χ0n) is 31.8. The maximum atomic E-state index is 2.48. The summed E-state index contributed by atoms with van der Waals surface area (Å²) in [4.78, 5) is 2.37. The first kappa shape index (κ1) is 32.7. The Morgan fingerprint density at radius 2 is 0.982 bits per heavy atom. The van der Waals surface area contributed by atoms with E-state index in [1.807, 2.05) is 0 Å². The van der Waals surface area contributed by atoms with Gasteiger partial charge in [0, 0.05) is 22.5 Å². The highest BCUT2D eigenvalue weighted by Gasteiger charge is 2.36. The van der Waals surface area contributed by atoms with Crippen LogP contribution in [0, 0.1) is 0 Å². The van der Waals surface area contributed by atoms with Crippen LogP contribution in [0.5, 0.6) is 0 Å². The molecule has 1 heteroatoms. The van der Waals surface area contributed by atoms with E-state index in [1.54, 1.807) is 0 Å². The number of hydrogen-bond donors (Lipinski definition) is 0. The number of aryl methyl sites for hydroxylation is 1. The minimum Gasteiger partial charge on any atom is -0.310 e. The fourth-order valence-corrected chi connectivity index (χ4v) is 9.69. The molecule has 0 bridgehead atoms. The van der Waals surface area contributed by atoms with E-state index in [9.17, 15) is 0 Å². The molecule has 0 N–H and O–H groups in total. The first-order chi connectivity index (χ1) is 27.5. The quantitative estimate of drug-likeness (QED) is 0.160. The number of benzene rings is 9. The summed E-state index contributed by atoms with van der Waals surface area (Å²) >= 11 is 0. The molecule has 11 rings (SSSR count). The van der Waals surface area contributed by atoms with Crippen LogP contribution >= 0.6 is 0 Å². The molecule has 0 saturated heterocycles. The molecule has 9 aromatic rings. The maximum absolute atomic E-state index is 2.48. The second kappa shape index (κ2) is 12.7. The summed E-state index contributed by atoms with van der Waals surface area (Å²) in [5, 5.41) is 7.78. The van der Waals surface area contributed by atoms with Crippen LogP contribution in [0.25, 0.3) is 71.8 Å². The number of para-hydroxylation sites is 2. The smallest absolute Gasteiger partial charge is 0.0465 e. The molecule has 0 fully saturated rings. The average Bonchev–Trinajstić information content (AvgIpc) is 3.48. The van der Waals surface area contributed by atoms with Crippen molar-refractivity contribution in [2.45, 2.75) is 32.1 Å². The largest absolute Gasteiger partial charge is 0.310 e. The van der Waals surface area contributed by atoms with Crippen LogP contribution in [0.15, 0.2) is 182 Å². The molecule has 2 aliphatic carbocycles. The molecule has 0 heterocycles. The zero-order chi connectivity index (χ0) is 37.4. The number of rotatable bonds is 5. The number of anilines is 3. The van der Waals surface area contributed by atoms with Gasteiger partial charge in [0.1, 0.15) is 0 Å². The summed E-state index contributed by atoms with van der Waals surface area (Å²) in [5.41, 5.74) is 16.5. The average molecular weight is 716 g/mol. The Balaban J connectivity index is 1.07. The van der Waals surface area contributed by atoms with Crippen molar-refractivity contribution in [3.63, 3.8) is 0 Å². The fraction of sp³-hybridized carbons (Fsp3) is 0.0909. The van der Waals surface area contributed by atoms with E-state index in [2.05, 4.69) is 207 Å². The molecule has 0 unspecified atom stereocenters. The molecule has 9 aromatic carbocycles. The van der Waals surface area contributed by atoms with E-state index in [0.717, 1.165) is 24.2 Å². The van der Waals surface area contributed by atoms with Crippen LogP contribution < -0.4 is 4.90 Å². The molecule has 0 saturated carbocycles. The van der Waals surface area contributed by atoms with E-state index in [1.165, 1.54) is 93.6 Å². The standard InChI is InChI=1S/C55H41N/c1-55(2)52-34-39(27-29-46(52)47-30-28-43(35-53(47)55)56(41-17-5-3-6-18-41)42-19-7-4-8-20-42)51-33-40-32-50(38-26-25-36-15-9-10-16-37(36)31-38)44-21-11-13-23-48(44)54(40)49-24-14-12-22-45(49)51/h3-8,10-14,16-35H,9,15H2,1-2H3. The van der Waals surface area contributed by atoms with Gasteiger partial charge in [0.25, 0.3) is 0 Å². The van der Waals surface area contributed by atoms with Crippen molar-refractivity contribution in [2.75, 3.05) is 4.90 Å².